The first-order valence-electron chi connectivity index (χ1n) is 7.82. The Bertz CT molecular complexity index is 716. The quantitative estimate of drug-likeness (QED) is 0.915. The van der Waals surface area contributed by atoms with Gasteiger partial charge in [0.15, 0.2) is 0 Å². The van der Waals surface area contributed by atoms with Gasteiger partial charge in [-0.15, -0.1) is 0 Å². The number of aryl methyl sites for hydroxylation is 4. The van der Waals surface area contributed by atoms with Crippen molar-refractivity contribution < 1.29 is 4.79 Å². The molecule has 2 rings (SSSR count). The van der Waals surface area contributed by atoms with E-state index in [0.29, 0.717) is 24.9 Å². The standard InChI is InChI=1S/C20H22N2O/c1-14-10-15(2)19(16(3)11-14)13-22-20(23)9-8-17-4-6-18(12-21)7-5-17/h4-7,10-11H,8-9,13H2,1-3H3,(H,22,23). The highest BCUT2D eigenvalue weighted by atomic mass is 16.1. The minimum Gasteiger partial charge on any atom is -0.352 e. The molecule has 0 fully saturated rings. The number of hydrogen-bond donors (Lipinski definition) is 1. The number of hydrogen-bond acceptors (Lipinski definition) is 2. The lowest BCUT2D eigenvalue weighted by atomic mass is 10.00. The van der Waals surface area contributed by atoms with Gasteiger partial charge in [-0.2, -0.15) is 5.26 Å². The zero-order valence-electron chi connectivity index (χ0n) is 13.9. The van der Waals surface area contributed by atoms with Gasteiger partial charge in [-0.05, 0) is 61.6 Å². The molecule has 23 heavy (non-hydrogen) atoms. The number of nitrogens with zero attached hydrogens (tertiary/aromatic N) is 1. The second-order valence-corrected chi connectivity index (χ2v) is 5.96. The van der Waals surface area contributed by atoms with Gasteiger partial charge in [-0.3, -0.25) is 4.79 Å². The van der Waals surface area contributed by atoms with Crippen LogP contribution in [0.15, 0.2) is 36.4 Å². The number of amides is 1. The van der Waals surface area contributed by atoms with Crippen LogP contribution in [-0.2, 0) is 17.8 Å². The van der Waals surface area contributed by atoms with Crippen molar-refractivity contribution in [2.75, 3.05) is 0 Å². The number of nitrogens with one attached hydrogen (secondary N) is 1. The van der Waals surface area contributed by atoms with Crippen LogP contribution in [0.25, 0.3) is 0 Å². The van der Waals surface area contributed by atoms with Gasteiger partial charge >= 0.3 is 0 Å². The maximum Gasteiger partial charge on any atom is 0.220 e. The SMILES string of the molecule is Cc1cc(C)c(CNC(=O)CCc2ccc(C#N)cc2)c(C)c1. The zero-order valence-corrected chi connectivity index (χ0v) is 13.9. The van der Waals surface area contributed by atoms with Crippen molar-refractivity contribution in [1.82, 2.24) is 5.32 Å². The van der Waals surface area contributed by atoms with E-state index in [4.69, 9.17) is 5.26 Å². The van der Waals surface area contributed by atoms with Crippen molar-refractivity contribution in [2.45, 2.75) is 40.2 Å². The summed E-state index contributed by atoms with van der Waals surface area (Å²) >= 11 is 0. The van der Waals surface area contributed by atoms with Gasteiger partial charge in [-0.25, -0.2) is 0 Å². The van der Waals surface area contributed by atoms with Crippen molar-refractivity contribution >= 4 is 5.91 Å². The smallest absolute Gasteiger partial charge is 0.220 e. The van der Waals surface area contributed by atoms with Crippen LogP contribution in [0.4, 0.5) is 0 Å². The van der Waals surface area contributed by atoms with E-state index in [9.17, 15) is 4.79 Å². The Hall–Kier alpha value is -2.60. The van der Waals surface area contributed by atoms with E-state index < -0.39 is 0 Å². The van der Waals surface area contributed by atoms with Crippen LogP contribution >= 0.6 is 0 Å². The number of nitriles is 1. The third-order valence-corrected chi connectivity index (χ3v) is 4.03. The molecule has 3 nitrogen and oxygen atoms in total. The Balaban J connectivity index is 1.87. The van der Waals surface area contributed by atoms with Gasteiger partial charge in [0.2, 0.25) is 5.91 Å². The number of carbonyl (C=O) groups is 1. The lowest BCUT2D eigenvalue weighted by Gasteiger charge is -2.12. The maximum absolute atomic E-state index is 12.0. The molecule has 3 heteroatoms. The fraction of sp³-hybridized carbons (Fsp3) is 0.300. The van der Waals surface area contributed by atoms with Crippen LogP contribution in [0.5, 0.6) is 0 Å². The van der Waals surface area contributed by atoms with Crippen LogP contribution < -0.4 is 5.32 Å². The largest absolute Gasteiger partial charge is 0.352 e. The molecule has 2 aromatic carbocycles. The Kier molecular flexibility index (Phi) is 5.54. The fourth-order valence-corrected chi connectivity index (χ4v) is 2.77. The molecule has 0 bridgehead atoms. The zero-order chi connectivity index (χ0) is 16.8. The summed E-state index contributed by atoms with van der Waals surface area (Å²) in [6.07, 6.45) is 1.14. The summed E-state index contributed by atoms with van der Waals surface area (Å²) in [7, 11) is 0. The van der Waals surface area contributed by atoms with E-state index in [1.54, 1.807) is 12.1 Å². The van der Waals surface area contributed by atoms with E-state index in [0.717, 1.165) is 5.56 Å². The van der Waals surface area contributed by atoms with Gasteiger partial charge in [-0.1, -0.05) is 29.8 Å². The minimum absolute atomic E-state index is 0.0498. The van der Waals surface area contributed by atoms with E-state index in [2.05, 4.69) is 44.3 Å². The van der Waals surface area contributed by atoms with Gasteiger partial charge in [0.05, 0.1) is 11.6 Å². The van der Waals surface area contributed by atoms with Gasteiger partial charge < -0.3 is 5.32 Å². The first kappa shape index (κ1) is 16.8. The van der Waals surface area contributed by atoms with E-state index >= 15 is 0 Å². The summed E-state index contributed by atoms with van der Waals surface area (Å²) in [6.45, 7) is 6.82. The summed E-state index contributed by atoms with van der Waals surface area (Å²) in [5.41, 5.74) is 6.59. The highest BCUT2D eigenvalue weighted by molar-refractivity contribution is 5.76. The molecule has 0 unspecified atom stereocenters. The molecule has 0 aliphatic heterocycles. The lowest BCUT2D eigenvalue weighted by molar-refractivity contribution is -0.121. The highest BCUT2D eigenvalue weighted by Crippen LogP contribution is 2.16. The van der Waals surface area contributed by atoms with Crippen LogP contribution in [0.2, 0.25) is 0 Å². The van der Waals surface area contributed by atoms with E-state index in [1.165, 1.54) is 22.3 Å². The van der Waals surface area contributed by atoms with Gasteiger partial charge in [0.25, 0.3) is 0 Å². The topological polar surface area (TPSA) is 52.9 Å². The second-order valence-electron chi connectivity index (χ2n) is 5.96. The Labute approximate surface area is 138 Å². The summed E-state index contributed by atoms with van der Waals surface area (Å²) in [6, 6.07) is 13.8. The van der Waals surface area contributed by atoms with E-state index in [1.807, 2.05) is 12.1 Å². The molecular formula is C20H22N2O. The van der Waals surface area contributed by atoms with Crippen molar-refractivity contribution in [3.8, 4) is 6.07 Å². The van der Waals surface area contributed by atoms with Crippen LogP contribution in [0.3, 0.4) is 0 Å². The molecule has 0 saturated heterocycles. The molecular weight excluding hydrogens is 284 g/mol. The van der Waals surface area contributed by atoms with Crippen molar-refractivity contribution in [3.05, 3.63) is 69.8 Å². The van der Waals surface area contributed by atoms with Crippen LogP contribution in [0.1, 0.15) is 39.8 Å². The number of benzene rings is 2. The first-order valence-corrected chi connectivity index (χ1v) is 7.82. The first-order chi connectivity index (χ1) is 11.0. The highest BCUT2D eigenvalue weighted by Gasteiger charge is 2.07. The molecule has 118 valence electrons. The molecule has 0 saturated carbocycles. The molecule has 0 aliphatic rings. The molecule has 1 N–H and O–H groups in total. The summed E-state index contributed by atoms with van der Waals surface area (Å²) in [4.78, 5) is 12.0. The predicted molar refractivity (Wildman–Crippen MR) is 92.0 cm³/mol. The molecule has 0 aromatic heterocycles. The summed E-state index contributed by atoms with van der Waals surface area (Å²) in [5.74, 6) is 0.0498. The normalized spacial score (nSPS) is 10.2. The lowest BCUT2D eigenvalue weighted by Crippen LogP contribution is -2.24. The monoisotopic (exact) mass is 306 g/mol. The predicted octanol–water partition coefficient (Wildman–Crippen LogP) is 3.73. The molecule has 0 aliphatic carbocycles. The van der Waals surface area contributed by atoms with E-state index in [-0.39, 0.29) is 5.91 Å². The Morgan fingerprint density at radius 1 is 1.09 bits per heavy atom. The van der Waals surface area contributed by atoms with Crippen molar-refractivity contribution in [3.63, 3.8) is 0 Å². The average molecular weight is 306 g/mol. The third-order valence-electron chi connectivity index (χ3n) is 4.03. The average Bonchev–Trinajstić information content (AvgIpc) is 2.52. The summed E-state index contributed by atoms with van der Waals surface area (Å²) in [5, 5.41) is 11.8. The molecule has 0 heterocycles. The Morgan fingerprint density at radius 3 is 2.26 bits per heavy atom. The van der Waals surface area contributed by atoms with Gasteiger partial charge in [0.1, 0.15) is 0 Å². The minimum atomic E-state index is 0.0498. The molecule has 1 amide bonds. The van der Waals surface area contributed by atoms with Crippen molar-refractivity contribution in [1.29, 1.82) is 5.26 Å². The fourth-order valence-electron chi connectivity index (χ4n) is 2.77. The van der Waals surface area contributed by atoms with Crippen molar-refractivity contribution in [2.24, 2.45) is 0 Å². The molecule has 0 spiro atoms. The molecule has 0 radical (unpaired) electrons. The summed E-state index contributed by atoms with van der Waals surface area (Å²) < 4.78 is 0. The van der Waals surface area contributed by atoms with Crippen LogP contribution in [0, 0.1) is 32.1 Å². The third kappa shape index (κ3) is 4.69. The van der Waals surface area contributed by atoms with Crippen LogP contribution in [-0.4, -0.2) is 5.91 Å². The number of carbonyl (C=O) groups excluding carboxylic acids is 1. The number of rotatable bonds is 5. The maximum atomic E-state index is 12.0. The second kappa shape index (κ2) is 7.60. The molecule has 2 aromatic rings. The van der Waals surface area contributed by atoms with Gasteiger partial charge in [0, 0.05) is 13.0 Å². The Morgan fingerprint density at radius 2 is 1.70 bits per heavy atom. The molecule has 0 atom stereocenters.